The Balaban J connectivity index is 2.13. The summed E-state index contributed by atoms with van der Waals surface area (Å²) in [5, 5.41) is 0. The Morgan fingerprint density at radius 1 is 1.50 bits per heavy atom. The highest BCUT2D eigenvalue weighted by molar-refractivity contribution is 5.10. The number of pyridine rings is 1. The molecular formula is C14H22FN3. The third-order valence-corrected chi connectivity index (χ3v) is 3.90. The number of halogens is 1. The molecule has 1 aromatic heterocycles. The van der Waals surface area contributed by atoms with E-state index in [0.717, 1.165) is 18.0 Å². The van der Waals surface area contributed by atoms with Gasteiger partial charge in [0, 0.05) is 12.6 Å². The standard InChI is InChI=1S/C14H22FN3/c1-3-13(12-7-6-11(15)9-17-12)18(2)14(8-16)10-4-5-10/h6-7,9-10,13-14H,3-5,8,16H2,1-2H3. The van der Waals surface area contributed by atoms with E-state index in [0.29, 0.717) is 12.6 Å². The van der Waals surface area contributed by atoms with Crippen molar-refractivity contribution in [2.24, 2.45) is 11.7 Å². The van der Waals surface area contributed by atoms with Gasteiger partial charge in [-0.1, -0.05) is 6.92 Å². The van der Waals surface area contributed by atoms with Crippen molar-refractivity contribution in [3.05, 3.63) is 29.8 Å². The number of nitrogens with zero attached hydrogens (tertiary/aromatic N) is 2. The minimum absolute atomic E-state index is 0.222. The highest BCUT2D eigenvalue weighted by Crippen LogP contribution is 2.37. The molecule has 1 saturated carbocycles. The summed E-state index contributed by atoms with van der Waals surface area (Å²) in [6, 6.07) is 3.90. The van der Waals surface area contributed by atoms with Crippen LogP contribution in [0.3, 0.4) is 0 Å². The average molecular weight is 251 g/mol. The average Bonchev–Trinajstić information content (AvgIpc) is 3.18. The van der Waals surface area contributed by atoms with Crippen LogP contribution in [0.2, 0.25) is 0 Å². The van der Waals surface area contributed by atoms with Crippen molar-refractivity contribution < 1.29 is 4.39 Å². The molecule has 0 bridgehead atoms. The van der Waals surface area contributed by atoms with E-state index in [-0.39, 0.29) is 11.9 Å². The molecule has 4 heteroatoms. The van der Waals surface area contributed by atoms with Gasteiger partial charge in [0.1, 0.15) is 5.82 Å². The van der Waals surface area contributed by atoms with Gasteiger partial charge in [0.05, 0.1) is 17.9 Å². The topological polar surface area (TPSA) is 42.2 Å². The summed E-state index contributed by atoms with van der Waals surface area (Å²) in [5.74, 6) is 0.448. The maximum Gasteiger partial charge on any atom is 0.141 e. The molecule has 0 aliphatic heterocycles. The minimum atomic E-state index is -0.283. The van der Waals surface area contributed by atoms with Crippen molar-refractivity contribution in [2.45, 2.75) is 38.3 Å². The van der Waals surface area contributed by atoms with Gasteiger partial charge in [-0.2, -0.15) is 0 Å². The predicted octanol–water partition coefficient (Wildman–Crippen LogP) is 2.34. The highest BCUT2D eigenvalue weighted by atomic mass is 19.1. The Morgan fingerprint density at radius 3 is 2.67 bits per heavy atom. The van der Waals surface area contributed by atoms with Crippen LogP contribution in [-0.4, -0.2) is 29.5 Å². The number of rotatable bonds is 6. The van der Waals surface area contributed by atoms with Crippen LogP contribution in [0.1, 0.15) is 37.9 Å². The van der Waals surface area contributed by atoms with Crippen LogP contribution in [0.4, 0.5) is 4.39 Å². The first-order valence-electron chi connectivity index (χ1n) is 6.70. The van der Waals surface area contributed by atoms with E-state index in [2.05, 4.69) is 23.9 Å². The second kappa shape index (κ2) is 5.76. The fourth-order valence-corrected chi connectivity index (χ4v) is 2.69. The lowest BCUT2D eigenvalue weighted by Crippen LogP contribution is -2.41. The molecule has 0 saturated heterocycles. The van der Waals surface area contributed by atoms with Crippen LogP contribution in [0.25, 0.3) is 0 Å². The molecule has 1 aliphatic carbocycles. The van der Waals surface area contributed by atoms with E-state index in [1.165, 1.54) is 25.1 Å². The van der Waals surface area contributed by atoms with E-state index in [1.807, 2.05) is 0 Å². The summed E-state index contributed by atoms with van der Waals surface area (Å²) in [6.45, 7) is 2.81. The minimum Gasteiger partial charge on any atom is -0.329 e. The SMILES string of the molecule is CCC(c1ccc(F)cn1)N(C)C(CN)C1CC1. The van der Waals surface area contributed by atoms with Gasteiger partial charge in [-0.3, -0.25) is 9.88 Å². The Morgan fingerprint density at radius 2 is 2.22 bits per heavy atom. The van der Waals surface area contributed by atoms with Crippen LogP contribution in [0.5, 0.6) is 0 Å². The Kier molecular flexibility index (Phi) is 4.30. The van der Waals surface area contributed by atoms with Gasteiger partial charge >= 0.3 is 0 Å². The molecule has 2 rings (SSSR count). The summed E-state index contributed by atoms with van der Waals surface area (Å²) in [4.78, 5) is 6.53. The van der Waals surface area contributed by atoms with Gasteiger partial charge in [0.2, 0.25) is 0 Å². The van der Waals surface area contributed by atoms with Crippen molar-refractivity contribution in [3.8, 4) is 0 Å². The first kappa shape index (κ1) is 13.4. The largest absolute Gasteiger partial charge is 0.329 e. The van der Waals surface area contributed by atoms with Crippen LogP contribution >= 0.6 is 0 Å². The first-order valence-corrected chi connectivity index (χ1v) is 6.70. The van der Waals surface area contributed by atoms with Crippen molar-refractivity contribution in [3.63, 3.8) is 0 Å². The fraction of sp³-hybridized carbons (Fsp3) is 0.643. The molecule has 2 N–H and O–H groups in total. The van der Waals surface area contributed by atoms with Gasteiger partial charge in [-0.25, -0.2) is 4.39 Å². The van der Waals surface area contributed by atoms with Gasteiger partial charge in [-0.15, -0.1) is 0 Å². The highest BCUT2D eigenvalue weighted by Gasteiger charge is 2.35. The summed E-state index contributed by atoms with van der Waals surface area (Å²) in [5.41, 5.74) is 6.82. The zero-order chi connectivity index (χ0) is 13.1. The van der Waals surface area contributed by atoms with Gasteiger partial charge < -0.3 is 5.73 Å². The number of hydrogen-bond donors (Lipinski definition) is 1. The zero-order valence-corrected chi connectivity index (χ0v) is 11.1. The van der Waals surface area contributed by atoms with E-state index in [1.54, 1.807) is 6.07 Å². The van der Waals surface area contributed by atoms with E-state index < -0.39 is 0 Å². The van der Waals surface area contributed by atoms with Crippen LogP contribution in [0, 0.1) is 11.7 Å². The molecule has 0 spiro atoms. The van der Waals surface area contributed by atoms with Gasteiger partial charge in [-0.05, 0) is 44.4 Å². The monoisotopic (exact) mass is 251 g/mol. The zero-order valence-electron chi connectivity index (χ0n) is 11.1. The molecule has 3 nitrogen and oxygen atoms in total. The fourth-order valence-electron chi connectivity index (χ4n) is 2.69. The Labute approximate surface area is 108 Å². The maximum absolute atomic E-state index is 12.9. The van der Waals surface area contributed by atoms with Crippen molar-refractivity contribution >= 4 is 0 Å². The number of nitrogens with two attached hydrogens (primary N) is 1. The van der Waals surface area contributed by atoms with E-state index in [4.69, 9.17) is 5.73 Å². The molecule has 1 fully saturated rings. The third kappa shape index (κ3) is 2.87. The molecule has 2 unspecified atom stereocenters. The molecule has 1 heterocycles. The second-order valence-corrected chi connectivity index (χ2v) is 5.13. The van der Waals surface area contributed by atoms with Crippen LogP contribution in [0.15, 0.2) is 18.3 Å². The molecule has 2 atom stereocenters. The lowest BCUT2D eigenvalue weighted by molar-refractivity contribution is 0.152. The lowest BCUT2D eigenvalue weighted by atomic mass is 10.0. The summed E-state index contributed by atoms with van der Waals surface area (Å²) in [7, 11) is 2.11. The van der Waals surface area contributed by atoms with E-state index >= 15 is 0 Å². The van der Waals surface area contributed by atoms with Crippen molar-refractivity contribution in [1.82, 2.24) is 9.88 Å². The molecule has 1 aliphatic rings. The van der Waals surface area contributed by atoms with Gasteiger partial charge in [0.25, 0.3) is 0 Å². The molecule has 100 valence electrons. The molecule has 0 amide bonds. The molecule has 1 aromatic rings. The van der Waals surface area contributed by atoms with E-state index in [9.17, 15) is 4.39 Å². The summed E-state index contributed by atoms with van der Waals surface area (Å²) in [6.07, 6.45) is 4.80. The van der Waals surface area contributed by atoms with Crippen LogP contribution in [-0.2, 0) is 0 Å². The summed E-state index contributed by atoms with van der Waals surface area (Å²) < 4.78 is 12.9. The quantitative estimate of drug-likeness (QED) is 0.844. The number of likely N-dealkylation sites (N-methyl/N-ethyl adjacent to an activating group) is 1. The Bertz CT molecular complexity index is 375. The van der Waals surface area contributed by atoms with Crippen LogP contribution < -0.4 is 5.73 Å². The molecule has 18 heavy (non-hydrogen) atoms. The van der Waals surface area contributed by atoms with Crippen molar-refractivity contribution in [2.75, 3.05) is 13.6 Å². The Hall–Kier alpha value is -1.00. The number of aromatic nitrogens is 1. The third-order valence-electron chi connectivity index (χ3n) is 3.90. The van der Waals surface area contributed by atoms with Gasteiger partial charge in [0.15, 0.2) is 0 Å². The summed E-state index contributed by atoms with van der Waals surface area (Å²) >= 11 is 0. The normalized spacial score (nSPS) is 18.9. The lowest BCUT2D eigenvalue weighted by Gasteiger charge is -2.34. The van der Waals surface area contributed by atoms with Crippen molar-refractivity contribution in [1.29, 1.82) is 0 Å². The predicted molar refractivity (Wildman–Crippen MR) is 70.6 cm³/mol. The molecule has 0 radical (unpaired) electrons. The molecular weight excluding hydrogens is 229 g/mol. The second-order valence-electron chi connectivity index (χ2n) is 5.13. The molecule has 0 aromatic carbocycles. The smallest absolute Gasteiger partial charge is 0.141 e. The first-order chi connectivity index (χ1) is 8.67. The maximum atomic E-state index is 12.9. The number of hydrogen-bond acceptors (Lipinski definition) is 3.